The van der Waals surface area contributed by atoms with Gasteiger partial charge in [-0.3, -0.25) is 14.6 Å². The van der Waals surface area contributed by atoms with Crippen LogP contribution in [0.15, 0.2) is 48.6 Å². The molecule has 5 aliphatic rings. The SMILES string of the molecule is CO[C@@]1(CN2CCN(C(C)C)CC2)/C=C/C[C@H](C)[C@@H](C)S(=O)(=O)NC(=O)c2ccc3c(c2)N(C[C@@H]2CC[C@H]21)C[C@@]1(CCCc2cc(Cl)ccc21)CO3. The molecule has 3 aliphatic heterocycles. The summed E-state index contributed by atoms with van der Waals surface area (Å²) in [5.41, 5.74) is 2.93. The van der Waals surface area contributed by atoms with Crippen LogP contribution in [0.3, 0.4) is 0 Å². The Morgan fingerprint density at radius 2 is 1.87 bits per heavy atom. The zero-order chi connectivity index (χ0) is 36.8. The maximum atomic E-state index is 13.6. The van der Waals surface area contributed by atoms with Gasteiger partial charge in [-0.05, 0) is 119 Å². The van der Waals surface area contributed by atoms with Crippen molar-refractivity contribution in [1.82, 2.24) is 14.5 Å². The largest absolute Gasteiger partial charge is 0.490 e. The summed E-state index contributed by atoms with van der Waals surface area (Å²) in [5.74, 6) is 0.515. The van der Waals surface area contributed by atoms with Crippen LogP contribution in [0, 0.1) is 17.8 Å². The van der Waals surface area contributed by atoms with Gasteiger partial charge in [-0.2, -0.15) is 0 Å². The molecule has 1 amide bonds. The number of rotatable bonds is 4. The van der Waals surface area contributed by atoms with Crippen molar-refractivity contribution < 1.29 is 22.7 Å². The summed E-state index contributed by atoms with van der Waals surface area (Å²) >= 11 is 6.50. The van der Waals surface area contributed by atoms with E-state index in [9.17, 15) is 13.2 Å². The van der Waals surface area contributed by atoms with Crippen molar-refractivity contribution in [2.45, 2.75) is 88.5 Å². The van der Waals surface area contributed by atoms with Crippen molar-refractivity contribution in [1.29, 1.82) is 0 Å². The van der Waals surface area contributed by atoms with Crippen molar-refractivity contribution in [3.8, 4) is 5.75 Å². The number of carbonyl (C=O) groups is 1. The van der Waals surface area contributed by atoms with Gasteiger partial charge in [-0.1, -0.05) is 36.7 Å². The van der Waals surface area contributed by atoms with Crippen LogP contribution in [-0.4, -0.2) is 101 Å². The Bertz CT molecular complexity index is 1780. The van der Waals surface area contributed by atoms with Crippen LogP contribution in [0.5, 0.6) is 5.75 Å². The van der Waals surface area contributed by atoms with E-state index < -0.39 is 26.8 Å². The van der Waals surface area contributed by atoms with Gasteiger partial charge in [-0.25, -0.2) is 13.1 Å². The van der Waals surface area contributed by atoms with Gasteiger partial charge in [0.05, 0.1) is 17.5 Å². The normalized spacial score (nSPS) is 33.3. The molecule has 52 heavy (non-hydrogen) atoms. The summed E-state index contributed by atoms with van der Waals surface area (Å²) in [6.07, 6.45) is 10.1. The molecule has 284 valence electrons. The summed E-state index contributed by atoms with van der Waals surface area (Å²) in [6.45, 7) is 15.0. The molecular weight excluding hydrogens is 696 g/mol. The van der Waals surface area contributed by atoms with Gasteiger partial charge in [0.1, 0.15) is 11.4 Å². The predicted octanol–water partition coefficient (Wildman–Crippen LogP) is 6.29. The molecule has 2 bridgehead atoms. The average molecular weight is 753 g/mol. The zero-order valence-corrected chi connectivity index (χ0v) is 33.1. The minimum absolute atomic E-state index is 0.212. The number of amides is 1. The fraction of sp³-hybridized carbons (Fsp3) is 0.634. The molecule has 1 N–H and O–H groups in total. The highest BCUT2D eigenvalue weighted by Crippen LogP contribution is 2.49. The highest BCUT2D eigenvalue weighted by molar-refractivity contribution is 7.90. The van der Waals surface area contributed by atoms with Gasteiger partial charge in [-0.15, -0.1) is 0 Å². The molecule has 9 nitrogen and oxygen atoms in total. The second-order valence-electron chi connectivity index (χ2n) is 16.6. The molecule has 11 heteroatoms. The number of hydrogen-bond acceptors (Lipinski definition) is 8. The average Bonchev–Trinajstić information content (AvgIpc) is 3.25. The molecule has 0 unspecified atom stereocenters. The van der Waals surface area contributed by atoms with Crippen LogP contribution in [0.2, 0.25) is 5.02 Å². The molecule has 0 radical (unpaired) electrons. The van der Waals surface area contributed by atoms with Gasteiger partial charge >= 0.3 is 0 Å². The van der Waals surface area contributed by atoms with Crippen LogP contribution in [-0.2, 0) is 26.6 Å². The topological polar surface area (TPSA) is 91.4 Å². The molecule has 2 aromatic carbocycles. The summed E-state index contributed by atoms with van der Waals surface area (Å²) in [5, 5.41) is -0.0215. The Labute approximate surface area is 316 Å². The quantitative estimate of drug-likeness (QED) is 0.365. The first-order valence-corrected chi connectivity index (χ1v) is 21.3. The van der Waals surface area contributed by atoms with Gasteiger partial charge in [0, 0.05) is 75.0 Å². The van der Waals surface area contributed by atoms with Crippen LogP contribution >= 0.6 is 11.6 Å². The Hall–Kier alpha value is -2.63. The molecule has 2 fully saturated rings. The van der Waals surface area contributed by atoms with Gasteiger partial charge in [0.15, 0.2) is 0 Å². The van der Waals surface area contributed by atoms with E-state index in [1.165, 1.54) is 11.1 Å². The van der Waals surface area contributed by atoms with Crippen LogP contribution < -0.4 is 14.4 Å². The van der Waals surface area contributed by atoms with E-state index in [2.05, 4.69) is 57.6 Å². The molecule has 7 rings (SSSR count). The van der Waals surface area contributed by atoms with E-state index in [0.29, 0.717) is 30.6 Å². The molecule has 1 spiro atoms. The maximum absolute atomic E-state index is 13.6. The van der Waals surface area contributed by atoms with E-state index in [1.807, 2.05) is 32.2 Å². The first kappa shape index (κ1) is 37.7. The molecule has 1 saturated carbocycles. The minimum atomic E-state index is -3.95. The molecule has 2 aromatic rings. The molecule has 1 saturated heterocycles. The standard InChI is InChI=1S/C41H57ClN4O5S/c1-28(2)45-20-18-44(19-21-45)26-41(50-5)17-6-8-29(3)30(4)52(48,49)43-39(47)32-11-15-38-37(23-32)46(24-33-10-13-36(33)41)25-40(27-51-38)16-7-9-31-22-34(42)12-14-35(31)40/h6,11-12,14-15,17,22-23,28-30,33,36H,7-10,13,16,18-21,24-27H2,1-5H3,(H,43,47)/b17-6+/t29-,30+,33-,36+,40-,41+/m0/s1. The first-order valence-electron chi connectivity index (χ1n) is 19.4. The summed E-state index contributed by atoms with van der Waals surface area (Å²) in [4.78, 5) is 21.2. The Morgan fingerprint density at radius 3 is 2.58 bits per heavy atom. The smallest absolute Gasteiger partial charge is 0.264 e. The van der Waals surface area contributed by atoms with Gasteiger partial charge < -0.3 is 14.4 Å². The van der Waals surface area contributed by atoms with E-state index in [-0.39, 0.29) is 17.3 Å². The number of benzene rings is 2. The number of hydrogen-bond donors (Lipinski definition) is 1. The van der Waals surface area contributed by atoms with E-state index >= 15 is 0 Å². The van der Waals surface area contributed by atoms with Crippen LogP contribution in [0.1, 0.15) is 81.3 Å². The number of carbonyl (C=O) groups excluding carboxylic acids is 1. The van der Waals surface area contributed by atoms with Gasteiger partial charge in [0.2, 0.25) is 10.0 Å². The Balaban J connectivity index is 1.29. The Morgan fingerprint density at radius 1 is 1.08 bits per heavy atom. The molecule has 3 heterocycles. The second-order valence-corrected chi connectivity index (χ2v) is 19.1. The molecule has 0 aromatic heterocycles. The third-order valence-corrected chi connectivity index (χ3v) is 15.4. The Kier molecular flexibility index (Phi) is 10.8. The van der Waals surface area contributed by atoms with Crippen molar-refractivity contribution in [2.75, 3.05) is 64.4 Å². The number of nitrogens with one attached hydrogen (secondary N) is 1. The van der Waals surface area contributed by atoms with Gasteiger partial charge in [0.25, 0.3) is 5.91 Å². The van der Waals surface area contributed by atoms with Crippen LogP contribution in [0.25, 0.3) is 0 Å². The van der Waals surface area contributed by atoms with E-state index in [4.69, 9.17) is 21.1 Å². The lowest BCUT2D eigenvalue weighted by molar-refractivity contribution is -0.0961. The number of halogens is 1. The summed E-state index contributed by atoms with van der Waals surface area (Å²) in [6, 6.07) is 12.2. The van der Waals surface area contributed by atoms with Crippen molar-refractivity contribution >= 4 is 33.2 Å². The zero-order valence-electron chi connectivity index (χ0n) is 31.6. The number of allylic oxidation sites excluding steroid dienone is 1. The highest BCUT2D eigenvalue weighted by Gasteiger charge is 2.50. The van der Waals surface area contributed by atoms with E-state index in [0.717, 1.165) is 94.4 Å². The fourth-order valence-electron chi connectivity index (χ4n) is 9.59. The molecular formula is C41H57ClN4O5S. The number of sulfonamides is 1. The van der Waals surface area contributed by atoms with E-state index in [1.54, 1.807) is 13.0 Å². The highest BCUT2D eigenvalue weighted by atomic mass is 35.5. The maximum Gasteiger partial charge on any atom is 0.264 e. The van der Waals surface area contributed by atoms with Crippen molar-refractivity contribution in [2.24, 2.45) is 17.8 Å². The number of ether oxygens (including phenoxy) is 2. The van der Waals surface area contributed by atoms with Crippen molar-refractivity contribution in [3.05, 3.63) is 70.3 Å². The summed E-state index contributed by atoms with van der Waals surface area (Å²) in [7, 11) is -2.09. The molecule has 6 atom stereocenters. The number of fused-ring (bicyclic) bond motifs is 4. The number of anilines is 1. The second kappa shape index (κ2) is 14.9. The lowest BCUT2D eigenvalue weighted by Crippen LogP contribution is -2.59. The van der Waals surface area contributed by atoms with Crippen molar-refractivity contribution in [3.63, 3.8) is 0 Å². The lowest BCUT2D eigenvalue weighted by atomic mass is 9.63. The number of nitrogens with zero attached hydrogens (tertiary/aromatic N) is 3. The van der Waals surface area contributed by atoms with Crippen LogP contribution in [0.4, 0.5) is 5.69 Å². The predicted molar refractivity (Wildman–Crippen MR) is 208 cm³/mol. The number of methoxy groups -OCH3 is 1. The summed E-state index contributed by atoms with van der Waals surface area (Å²) < 4.78 is 43.0. The minimum Gasteiger partial charge on any atom is -0.490 e. The lowest BCUT2D eigenvalue weighted by Gasteiger charge is -2.52. The number of piperazine rings is 1. The monoisotopic (exact) mass is 752 g/mol. The fourth-order valence-corrected chi connectivity index (χ4v) is 11.1. The first-order chi connectivity index (χ1) is 24.8. The third-order valence-electron chi connectivity index (χ3n) is 13.2. The third kappa shape index (κ3) is 7.27. The molecule has 2 aliphatic carbocycles. The number of aryl methyl sites for hydroxylation is 1.